The highest BCUT2D eigenvalue weighted by Gasteiger charge is 2.12. The molecular formula is C14H20BrNO2. The van der Waals surface area contributed by atoms with Gasteiger partial charge in [-0.25, -0.2) is 0 Å². The molecule has 18 heavy (non-hydrogen) atoms. The zero-order valence-corrected chi connectivity index (χ0v) is 12.3. The van der Waals surface area contributed by atoms with Gasteiger partial charge < -0.3 is 14.8 Å². The predicted octanol–water partition coefficient (Wildman–Crippen LogP) is 2.90. The van der Waals surface area contributed by atoms with E-state index < -0.39 is 0 Å². The van der Waals surface area contributed by atoms with Crippen molar-refractivity contribution < 1.29 is 9.47 Å². The second-order valence-electron chi connectivity index (χ2n) is 4.60. The Morgan fingerprint density at radius 3 is 2.89 bits per heavy atom. The lowest BCUT2D eigenvalue weighted by Crippen LogP contribution is -2.37. The first-order valence-electron chi connectivity index (χ1n) is 6.46. The van der Waals surface area contributed by atoms with Crippen molar-refractivity contribution in [1.82, 2.24) is 5.32 Å². The molecule has 1 aliphatic rings. The molecule has 1 N–H and O–H groups in total. The smallest absolute Gasteiger partial charge is 0.119 e. The highest BCUT2D eigenvalue weighted by molar-refractivity contribution is 9.10. The Kier molecular flexibility index (Phi) is 5.47. The average Bonchev–Trinajstić information content (AvgIpc) is 2.40. The summed E-state index contributed by atoms with van der Waals surface area (Å²) < 4.78 is 12.2. The maximum Gasteiger partial charge on any atom is 0.119 e. The van der Waals surface area contributed by atoms with E-state index in [1.807, 2.05) is 12.1 Å². The van der Waals surface area contributed by atoms with Crippen molar-refractivity contribution in [3.63, 3.8) is 0 Å². The zero-order valence-electron chi connectivity index (χ0n) is 10.7. The van der Waals surface area contributed by atoms with E-state index in [-0.39, 0.29) is 0 Å². The minimum absolute atomic E-state index is 0.592. The van der Waals surface area contributed by atoms with Gasteiger partial charge in [-0.3, -0.25) is 0 Å². The van der Waals surface area contributed by atoms with Crippen LogP contribution < -0.4 is 10.1 Å². The number of hydrogen-bond donors (Lipinski definition) is 1. The normalized spacial score (nSPS) is 16.8. The van der Waals surface area contributed by atoms with Crippen molar-refractivity contribution in [3.05, 3.63) is 28.2 Å². The SMILES string of the molecule is Cc1cc(OCCNC2CCOCC2)ccc1Br. The molecule has 2 rings (SSSR count). The number of aryl methyl sites for hydroxylation is 1. The third-order valence-corrected chi connectivity index (χ3v) is 4.04. The van der Waals surface area contributed by atoms with Crippen molar-refractivity contribution in [1.29, 1.82) is 0 Å². The summed E-state index contributed by atoms with van der Waals surface area (Å²) >= 11 is 3.48. The molecule has 0 amide bonds. The molecule has 4 heteroatoms. The topological polar surface area (TPSA) is 30.5 Å². The van der Waals surface area contributed by atoms with Gasteiger partial charge in [-0.2, -0.15) is 0 Å². The van der Waals surface area contributed by atoms with Crippen molar-refractivity contribution in [2.45, 2.75) is 25.8 Å². The molecule has 0 aliphatic carbocycles. The van der Waals surface area contributed by atoms with Crippen LogP contribution in [0.3, 0.4) is 0 Å². The molecule has 0 aromatic heterocycles. The molecule has 0 spiro atoms. The number of benzene rings is 1. The van der Waals surface area contributed by atoms with Gasteiger partial charge in [0.2, 0.25) is 0 Å². The molecule has 0 radical (unpaired) electrons. The Labute approximate surface area is 117 Å². The number of rotatable bonds is 5. The highest BCUT2D eigenvalue weighted by Crippen LogP contribution is 2.21. The van der Waals surface area contributed by atoms with E-state index in [2.05, 4.69) is 34.2 Å². The number of ether oxygens (including phenoxy) is 2. The van der Waals surface area contributed by atoms with Gasteiger partial charge in [-0.1, -0.05) is 15.9 Å². The Balaban J connectivity index is 1.66. The van der Waals surface area contributed by atoms with Crippen LogP contribution in [0.4, 0.5) is 0 Å². The van der Waals surface area contributed by atoms with Crippen molar-refractivity contribution >= 4 is 15.9 Å². The van der Waals surface area contributed by atoms with Crippen molar-refractivity contribution in [3.8, 4) is 5.75 Å². The summed E-state index contributed by atoms with van der Waals surface area (Å²) in [4.78, 5) is 0. The van der Waals surface area contributed by atoms with Crippen LogP contribution >= 0.6 is 15.9 Å². The lowest BCUT2D eigenvalue weighted by Gasteiger charge is -2.23. The first-order chi connectivity index (χ1) is 8.75. The fourth-order valence-corrected chi connectivity index (χ4v) is 2.29. The minimum Gasteiger partial charge on any atom is -0.492 e. The molecule has 0 bridgehead atoms. The monoisotopic (exact) mass is 313 g/mol. The van der Waals surface area contributed by atoms with E-state index >= 15 is 0 Å². The molecule has 1 aliphatic heterocycles. The summed E-state index contributed by atoms with van der Waals surface area (Å²) in [5.74, 6) is 0.935. The van der Waals surface area contributed by atoms with Crippen LogP contribution in [0.1, 0.15) is 18.4 Å². The molecule has 3 nitrogen and oxygen atoms in total. The fraction of sp³-hybridized carbons (Fsp3) is 0.571. The molecule has 0 unspecified atom stereocenters. The second-order valence-corrected chi connectivity index (χ2v) is 5.45. The summed E-state index contributed by atoms with van der Waals surface area (Å²) in [6.07, 6.45) is 2.22. The summed E-state index contributed by atoms with van der Waals surface area (Å²) in [5, 5.41) is 3.50. The molecule has 100 valence electrons. The number of halogens is 1. The first kappa shape index (κ1) is 13.8. The first-order valence-corrected chi connectivity index (χ1v) is 7.25. The van der Waals surface area contributed by atoms with Gasteiger partial charge in [-0.05, 0) is 43.5 Å². The molecular weight excluding hydrogens is 294 g/mol. The van der Waals surface area contributed by atoms with Gasteiger partial charge in [0.15, 0.2) is 0 Å². The third kappa shape index (κ3) is 4.26. The maximum absolute atomic E-state index is 5.72. The number of hydrogen-bond acceptors (Lipinski definition) is 3. The van der Waals surface area contributed by atoms with Crippen LogP contribution in [0.2, 0.25) is 0 Å². The van der Waals surface area contributed by atoms with Gasteiger partial charge in [0, 0.05) is 30.3 Å². The van der Waals surface area contributed by atoms with E-state index in [9.17, 15) is 0 Å². The van der Waals surface area contributed by atoms with Gasteiger partial charge in [-0.15, -0.1) is 0 Å². The van der Waals surface area contributed by atoms with Gasteiger partial charge in [0.1, 0.15) is 12.4 Å². The van der Waals surface area contributed by atoms with Crippen LogP contribution in [0, 0.1) is 6.92 Å². The summed E-state index contributed by atoms with van der Waals surface area (Å²) in [5.41, 5.74) is 1.20. The summed E-state index contributed by atoms with van der Waals surface area (Å²) in [6.45, 7) is 5.42. The van der Waals surface area contributed by atoms with E-state index in [1.54, 1.807) is 0 Å². The minimum atomic E-state index is 0.592. The van der Waals surface area contributed by atoms with E-state index in [0.717, 1.165) is 42.8 Å². The van der Waals surface area contributed by atoms with Crippen LogP contribution in [-0.4, -0.2) is 32.4 Å². The second kappa shape index (κ2) is 7.12. The third-order valence-electron chi connectivity index (χ3n) is 3.15. The molecule has 1 heterocycles. The molecule has 1 aromatic rings. The molecule has 1 aromatic carbocycles. The van der Waals surface area contributed by atoms with Gasteiger partial charge in [0.25, 0.3) is 0 Å². The predicted molar refractivity (Wildman–Crippen MR) is 76.2 cm³/mol. The van der Waals surface area contributed by atoms with E-state index in [1.165, 1.54) is 5.56 Å². The van der Waals surface area contributed by atoms with Crippen molar-refractivity contribution in [2.75, 3.05) is 26.4 Å². The van der Waals surface area contributed by atoms with Crippen LogP contribution in [0.5, 0.6) is 5.75 Å². The van der Waals surface area contributed by atoms with Gasteiger partial charge in [0.05, 0.1) is 0 Å². The summed E-state index contributed by atoms with van der Waals surface area (Å²) in [6, 6.07) is 6.66. The Morgan fingerprint density at radius 2 is 2.17 bits per heavy atom. The molecule has 0 saturated carbocycles. The zero-order chi connectivity index (χ0) is 12.8. The fourth-order valence-electron chi connectivity index (χ4n) is 2.04. The summed E-state index contributed by atoms with van der Waals surface area (Å²) in [7, 11) is 0. The Morgan fingerprint density at radius 1 is 1.39 bits per heavy atom. The van der Waals surface area contributed by atoms with Crippen molar-refractivity contribution in [2.24, 2.45) is 0 Å². The quantitative estimate of drug-likeness (QED) is 0.848. The molecule has 0 atom stereocenters. The highest BCUT2D eigenvalue weighted by atomic mass is 79.9. The lowest BCUT2D eigenvalue weighted by molar-refractivity contribution is 0.0770. The molecule has 1 fully saturated rings. The van der Waals surface area contributed by atoms with Crippen LogP contribution in [-0.2, 0) is 4.74 Å². The van der Waals surface area contributed by atoms with Crippen LogP contribution in [0.15, 0.2) is 22.7 Å². The van der Waals surface area contributed by atoms with E-state index in [4.69, 9.17) is 9.47 Å². The van der Waals surface area contributed by atoms with E-state index in [0.29, 0.717) is 12.6 Å². The number of nitrogens with one attached hydrogen (secondary N) is 1. The standard InChI is InChI=1S/C14H20BrNO2/c1-11-10-13(2-3-14(11)15)18-9-6-16-12-4-7-17-8-5-12/h2-3,10,12,16H,4-9H2,1H3. The Bertz CT molecular complexity index is 378. The average molecular weight is 314 g/mol. The van der Waals surface area contributed by atoms with Gasteiger partial charge >= 0.3 is 0 Å². The largest absolute Gasteiger partial charge is 0.492 e. The lowest BCUT2D eigenvalue weighted by atomic mass is 10.1. The van der Waals surface area contributed by atoms with Crippen LogP contribution in [0.25, 0.3) is 0 Å². The maximum atomic E-state index is 5.72. The molecule has 1 saturated heterocycles. The Hall–Kier alpha value is -0.580.